The predicted octanol–water partition coefficient (Wildman–Crippen LogP) is 4.27. The maximum absolute atomic E-state index is 14.0. The number of aromatic nitrogens is 2. The van der Waals surface area contributed by atoms with Gasteiger partial charge in [-0.25, -0.2) is 9.78 Å². The highest BCUT2D eigenvalue weighted by molar-refractivity contribution is 6.42. The van der Waals surface area contributed by atoms with Gasteiger partial charge in [-0.3, -0.25) is 9.69 Å². The molecule has 2 aliphatic heterocycles. The van der Waals surface area contributed by atoms with Crippen LogP contribution in [0.2, 0.25) is 0 Å². The van der Waals surface area contributed by atoms with Gasteiger partial charge >= 0.3 is 5.97 Å². The summed E-state index contributed by atoms with van der Waals surface area (Å²) in [5.74, 6) is 0.865. The van der Waals surface area contributed by atoms with Crippen molar-refractivity contribution in [2.45, 2.75) is 95.3 Å². The van der Waals surface area contributed by atoms with Crippen LogP contribution in [0.5, 0.6) is 0 Å². The largest absolute Gasteiger partial charge is 0.461 e. The van der Waals surface area contributed by atoms with Crippen LogP contribution in [0, 0.1) is 11.8 Å². The lowest BCUT2D eigenvalue weighted by atomic mass is 9.69. The van der Waals surface area contributed by atoms with E-state index in [1.807, 2.05) is 28.8 Å². The van der Waals surface area contributed by atoms with Gasteiger partial charge in [-0.05, 0) is 69.4 Å². The Labute approximate surface area is 211 Å². The van der Waals surface area contributed by atoms with Crippen molar-refractivity contribution >= 4 is 22.7 Å². The molecular weight excluding hydrogens is 456 g/mol. The van der Waals surface area contributed by atoms with Gasteiger partial charge in [0, 0.05) is 18.1 Å². The van der Waals surface area contributed by atoms with Gasteiger partial charge in [-0.2, -0.15) is 0 Å². The van der Waals surface area contributed by atoms with E-state index >= 15 is 0 Å². The minimum absolute atomic E-state index is 0.000514. The van der Waals surface area contributed by atoms with Crippen LogP contribution in [0.1, 0.15) is 82.9 Å². The van der Waals surface area contributed by atoms with Gasteiger partial charge in [0.15, 0.2) is 5.69 Å². The number of hydrogen-bond donors (Lipinski definition) is 1. The van der Waals surface area contributed by atoms with E-state index < -0.39 is 11.7 Å². The summed E-state index contributed by atoms with van der Waals surface area (Å²) in [7, 11) is 0. The fourth-order valence-electron chi connectivity index (χ4n) is 8.01. The van der Waals surface area contributed by atoms with E-state index in [4.69, 9.17) is 4.74 Å². The second-order valence-corrected chi connectivity index (χ2v) is 11.2. The molecule has 36 heavy (non-hydrogen) atoms. The number of rotatable bonds is 5. The molecule has 3 heterocycles. The van der Waals surface area contributed by atoms with Crippen molar-refractivity contribution in [3.63, 3.8) is 0 Å². The van der Waals surface area contributed by atoms with Crippen LogP contribution in [-0.4, -0.2) is 56.1 Å². The number of carbonyl (C=O) groups excluding carboxylic acids is 1. The summed E-state index contributed by atoms with van der Waals surface area (Å²) >= 11 is 0. The van der Waals surface area contributed by atoms with Crippen molar-refractivity contribution < 1.29 is 14.7 Å². The average molecular weight is 493 g/mol. The van der Waals surface area contributed by atoms with Gasteiger partial charge in [-0.15, -0.1) is 0 Å². The second-order valence-electron chi connectivity index (χ2n) is 11.2. The van der Waals surface area contributed by atoms with E-state index in [9.17, 15) is 14.8 Å². The molecule has 2 aromatic rings. The van der Waals surface area contributed by atoms with Crippen LogP contribution in [0.4, 0.5) is 0 Å². The zero-order chi connectivity index (χ0) is 24.8. The van der Waals surface area contributed by atoms with Crippen LogP contribution < -0.4 is 5.56 Å². The van der Waals surface area contributed by atoms with Gasteiger partial charge in [0.2, 0.25) is 5.71 Å². The number of para-hydroxylation sites is 2. The molecule has 8 nitrogen and oxygen atoms in total. The molecule has 0 amide bonds. The lowest BCUT2D eigenvalue weighted by Gasteiger charge is -2.48. The van der Waals surface area contributed by atoms with E-state index in [0.29, 0.717) is 23.6 Å². The monoisotopic (exact) mass is 492 g/mol. The van der Waals surface area contributed by atoms with Crippen molar-refractivity contribution in [1.29, 1.82) is 0 Å². The highest BCUT2D eigenvalue weighted by Crippen LogP contribution is 2.49. The van der Waals surface area contributed by atoms with Crippen LogP contribution in [0.15, 0.2) is 34.2 Å². The summed E-state index contributed by atoms with van der Waals surface area (Å²) in [5, 5.41) is 12.8. The summed E-state index contributed by atoms with van der Waals surface area (Å²) in [6, 6.07) is 8.95. The number of nitrogens with zero attached hydrogens (tertiary/aromatic N) is 4. The molecule has 5 atom stereocenters. The van der Waals surface area contributed by atoms with Crippen molar-refractivity contribution in [2.24, 2.45) is 17.0 Å². The van der Waals surface area contributed by atoms with Crippen LogP contribution in [0.3, 0.4) is 0 Å². The molecule has 192 valence electrons. The first-order chi connectivity index (χ1) is 17.6. The molecule has 2 saturated carbocycles. The Morgan fingerprint density at radius 3 is 2.53 bits per heavy atom. The number of esters is 1. The van der Waals surface area contributed by atoms with Crippen LogP contribution in [0.25, 0.3) is 11.0 Å². The Kier molecular flexibility index (Phi) is 6.32. The summed E-state index contributed by atoms with van der Waals surface area (Å²) in [5.41, 5.74) is 0.421. The fourth-order valence-corrected chi connectivity index (χ4v) is 8.01. The van der Waals surface area contributed by atoms with E-state index in [0.717, 1.165) is 30.2 Å². The first-order valence-corrected chi connectivity index (χ1v) is 13.8. The molecule has 0 radical (unpaired) electrons. The zero-order valence-corrected chi connectivity index (χ0v) is 21.0. The van der Waals surface area contributed by atoms with Crippen LogP contribution >= 0.6 is 0 Å². The number of fused-ring (bicyclic) bond motifs is 5. The van der Waals surface area contributed by atoms with E-state index in [1.165, 1.54) is 51.4 Å². The normalized spacial score (nSPS) is 32.5. The Hall–Kier alpha value is -2.74. The van der Waals surface area contributed by atoms with Crippen molar-refractivity contribution in [3.8, 4) is 0 Å². The molecule has 4 bridgehead atoms. The highest BCUT2D eigenvalue weighted by Gasteiger charge is 2.49. The third kappa shape index (κ3) is 3.94. The maximum atomic E-state index is 14.0. The summed E-state index contributed by atoms with van der Waals surface area (Å²) in [6.45, 7) is 1.79. The predicted molar refractivity (Wildman–Crippen MR) is 136 cm³/mol. The molecule has 6 rings (SSSR count). The standard InChI is InChI=1S/C28H36N4O4/c1-2-36-28(34)26(30-35)25-27(33)32(22-11-4-3-10-21(22)29-25)24-16-19-9-6-12-23(24)31(19)20-14-17-7-5-8-18(13-17)15-20/h3-4,10-11,17-20,23-24,35H,2,5-9,12-16H2,1H3/b30-26-/t17?,18?,19-,20?,23+,24+/m0/s1. The van der Waals surface area contributed by atoms with Crippen LogP contribution in [-0.2, 0) is 9.53 Å². The molecule has 1 N–H and O–H groups in total. The summed E-state index contributed by atoms with van der Waals surface area (Å²) in [6.07, 6.45) is 12.5. The third-order valence-corrected chi connectivity index (χ3v) is 9.24. The lowest BCUT2D eigenvalue weighted by molar-refractivity contribution is -0.135. The topological polar surface area (TPSA) is 97.0 Å². The van der Waals surface area contributed by atoms with Gasteiger partial charge in [0.25, 0.3) is 5.56 Å². The Balaban J connectivity index is 1.42. The number of carbonyl (C=O) groups is 1. The Bertz CT molecular complexity index is 1230. The Morgan fingerprint density at radius 1 is 1.03 bits per heavy atom. The molecule has 0 spiro atoms. The molecule has 8 heteroatoms. The molecule has 4 aliphatic rings. The van der Waals surface area contributed by atoms with Crippen molar-refractivity contribution in [3.05, 3.63) is 40.3 Å². The Morgan fingerprint density at radius 2 is 1.78 bits per heavy atom. The molecule has 2 saturated heterocycles. The average Bonchev–Trinajstić information content (AvgIpc) is 3.09. The minimum Gasteiger partial charge on any atom is -0.461 e. The quantitative estimate of drug-likeness (QED) is 0.290. The van der Waals surface area contributed by atoms with E-state index in [-0.39, 0.29) is 23.9 Å². The molecular formula is C28H36N4O4. The molecule has 2 unspecified atom stereocenters. The van der Waals surface area contributed by atoms with Gasteiger partial charge < -0.3 is 14.5 Å². The van der Waals surface area contributed by atoms with Gasteiger partial charge in [-0.1, -0.05) is 43.0 Å². The fraction of sp³-hybridized carbons (Fsp3) is 0.643. The third-order valence-electron chi connectivity index (χ3n) is 9.24. The number of hydrogen-bond acceptors (Lipinski definition) is 7. The smallest absolute Gasteiger partial charge is 0.362 e. The first-order valence-electron chi connectivity index (χ1n) is 13.8. The number of oxime groups is 1. The summed E-state index contributed by atoms with van der Waals surface area (Å²) < 4.78 is 6.91. The number of benzene rings is 1. The lowest BCUT2D eigenvalue weighted by Crippen LogP contribution is -2.51. The maximum Gasteiger partial charge on any atom is 0.362 e. The summed E-state index contributed by atoms with van der Waals surface area (Å²) in [4.78, 5) is 33.8. The van der Waals surface area contributed by atoms with Crippen molar-refractivity contribution in [2.75, 3.05) is 6.61 Å². The molecule has 2 aliphatic carbocycles. The minimum atomic E-state index is -0.841. The van der Waals surface area contributed by atoms with Gasteiger partial charge in [0.05, 0.1) is 23.7 Å². The van der Waals surface area contributed by atoms with E-state index in [2.05, 4.69) is 15.0 Å². The SMILES string of the molecule is CCOC(=O)/C(=N\O)c1nc2ccccc2n([C@@H]2C[C@@H]3CCC[C@H]2N3C2CC3CCCC(C3)C2)c1=O. The highest BCUT2D eigenvalue weighted by atomic mass is 16.5. The number of ether oxygens (including phenoxy) is 1. The second kappa shape index (κ2) is 9.61. The zero-order valence-electron chi connectivity index (χ0n) is 21.0. The van der Waals surface area contributed by atoms with Gasteiger partial charge in [0.1, 0.15) is 0 Å². The first kappa shape index (κ1) is 23.6. The molecule has 1 aromatic carbocycles. The molecule has 1 aromatic heterocycles. The number of piperidine rings is 1. The molecule has 4 fully saturated rings. The van der Waals surface area contributed by atoms with Crippen molar-refractivity contribution in [1.82, 2.24) is 14.5 Å². The van der Waals surface area contributed by atoms with E-state index in [1.54, 1.807) is 6.92 Å².